The Bertz CT molecular complexity index is 762. The Labute approximate surface area is 157 Å². The summed E-state index contributed by atoms with van der Waals surface area (Å²) in [6.45, 7) is 4.54. The second kappa shape index (κ2) is 5.79. The second-order valence-corrected chi connectivity index (χ2v) is 9.82. The summed E-state index contributed by atoms with van der Waals surface area (Å²) in [5, 5.41) is 10.5. The highest BCUT2D eigenvalue weighted by Crippen LogP contribution is 2.63. The molecule has 2 fully saturated rings. The molecule has 1 N–H and O–H groups in total. The van der Waals surface area contributed by atoms with Gasteiger partial charge in [0.2, 0.25) is 0 Å². The van der Waals surface area contributed by atoms with Crippen molar-refractivity contribution >= 4 is 5.57 Å². The monoisotopic (exact) mass is 349 g/mol. The zero-order valence-electron chi connectivity index (χ0n) is 16.1. The van der Waals surface area contributed by atoms with Crippen molar-refractivity contribution in [3.05, 3.63) is 47.8 Å². The van der Waals surface area contributed by atoms with Crippen LogP contribution in [-0.4, -0.2) is 15.7 Å². The average Bonchev–Trinajstić information content (AvgIpc) is 2.98. The number of hydrogen-bond donors (Lipinski definition) is 1. The highest BCUT2D eigenvalue weighted by Gasteiger charge is 2.53. The molecule has 0 radical (unpaired) electrons. The number of hydrogen-bond acceptors (Lipinski definition) is 2. The molecule has 2 heteroatoms. The van der Waals surface area contributed by atoms with E-state index in [4.69, 9.17) is 0 Å². The fourth-order valence-corrected chi connectivity index (χ4v) is 7.00. The summed E-state index contributed by atoms with van der Waals surface area (Å²) in [6.07, 6.45) is 17.1. The van der Waals surface area contributed by atoms with Gasteiger partial charge in [0.05, 0.1) is 5.60 Å². The lowest BCUT2D eigenvalue weighted by Crippen LogP contribution is -2.46. The topological polar surface area (TPSA) is 33.1 Å². The number of aliphatic hydroxyl groups is 1. The van der Waals surface area contributed by atoms with Crippen LogP contribution in [0.25, 0.3) is 5.57 Å². The van der Waals surface area contributed by atoms with Gasteiger partial charge in [-0.25, -0.2) is 0 Å². The van der Waals surface area contributed by atoms with Crippen molar-refractivity contribution in [1.29, 1.82) is 0 Å². The van der Waals surface area contributed by atoms with Gasteiger partial charge in [-0.2, -0.15) is 0 Å². The lowest BCUT2D eigenvalue weighted by molar-refractivity contribution is -0.0122. The summed E-state index contributed by atoms with van der Waals surface area (Å²) < 4.78 is 0. The molecule has 1 aromatic rings. The lowest BCUT2D eigenvalue weighted by Gasteiger charge is -2.54. The molecule has 2 saturated carbocycles. The molecule has 4 aliphatic rings. The van der Waals surface area contributed by atoms with Crippen LogP contribution in [0.5, 0.6) is 0 Å². The fraction of sp³-hybridized carbons (Fsp3) is 0.625. The summed E-state index contributed by atoms with van der Waals surface area (Å²) >= 11 is 0. The molecule has 0 saturated heterocycles. The molecule has 0 spiro atoms. The molecule has 4 aliphatic carbocycles. The molecule has 2 nitrogen and oxygen atoms in total. The van der Waals surface area contributed by atoms with Crippen LogP contribution < -0.4 is 0 Å². The molecule has 0 bridgehead atoms. The summed E-state index contributed by atoms with van der Waals surface area (Å²) in [7, 11) is 0. The maximum absolute atomic E-state index is 10.5. The normalized spacial score (nSPS) is 44.4. The molecule has 0 amide bonds. The quantitative estimate of drug-likeness (QED) is 0.689. The zero-order chi connectivity index (χ0) is 17.9. The van der Waals surface area contributed by atoms with Crippen molar-refractivity contribution in [2.45, 2.75) is 64.4 Å². The summed E-state index contributed by atoms with van der Waals surface area (Å²) in [6, 6.07) is 4.31. The largest absolute Gasteiger partial charge is 0.390 e. The van der Waals surface area contributed by atoms with Crippen LogP contribution in [0.2, 0.25) is 0 Å². The minimum Gasteiger partial charge on any atom is -0.390 e. The average molecular weight is 350 g/mol. The van der Waals surface area contributed by atoms with Gasteiger partial charge in [0, 0.05) is 12.4 Å². The van der Waals surface area contributed by atoms with Crippen molar-refractivity contribution in [2.24, 2.45) is 29.1 Å². The van der Waals surface area contributed by atoms with E-state index in [9.17, 15) is 5.11 Å². The van der Waals surface area contributed by atoms with Gasteiger partial charge in [-0.1, -0.05) is 30.7 Å². The number of nitrogens with zero attached hydrogens (tertiary/aromatic N) is 1. The SMILES string of the molecule is CC1(O)CCC2C(=CCC3C2CCC2(C)C(c4cccnc4)=CCC32)C1. The number of fused-ring (bicyclic) bond motifs is 5. The zero-order valence-corrected chi connectivity index (χ0v) is 16.1. The predicted molar refractivity (Wildman–Crippen MR) is 105 cm³/mol. The molecular formula is C24H31NO. The molecule has 1 heterocycles. The Morgan fingerprint density at radius 1 is 1.08 bits per heavy atom. The van der Waals surface area contributed by atoms with Gasteiger partial charge in [0.15, 0.2) is 0 Å². The first-order chi connectivity index (χ1) is 12.5. The molecular weight excluding hydrogens is 318 g/mol. The van der Waals surface area contributed by atoms with Crippen molar-refractivity contribution in [3.63, 3.8) is 0 Å². The minimum absolute atomic E-state index is 0.315. The van der Waals surface area contributed by atoms with Crippen LogP contribution in [0.1, 0.15) is 64.4 Å². The third-order valence-corrected chi connectivity index (χ3v) is 8.27. The number of rotatable bonds is 1. The number of allylic oxidation sites excluding steroid dienone is 3. The standard InChI is InChI=1S/C24H31NO/c1-23(26)11-9-18-16(14-23)5-6-20-19(18)10-12-24(2)21(7-8-22(20)24)17-4-3-13-25-15-17/h3-5,7,13,15,18-20,22,26H,6,8-12,14H2,1-2H3. The van der Waals surface area contributed by atoms with E-state index < -0.39 is 5.60 Å². The number of aromatic nitrogens is 1. The van der Waals surface area contributed by atoms with Crippen LogP contribution in [0, 0.1) is 29.1 Å². The van der Waals surface area contributed by atoms with Crippen molar-refractivity contribution in [3.8, 4) is 0 Å². The first-order valence-electron chi connectivity index (χ1n) is 10.5. The first kappa shape index (κ1) is 16.7. The van der Waals surface area contributed by atoms with Crippen LogP contribution in [0.3, 0.4) is 0 Å². The second-order valence-electron chi connectivity index (χ2n) is 9.82. The Hall–Kier alpha value is -1.41. The fourth-order valence-electron chi connectivity index (χ4n) is 7.00. The molecule has 0 aliphatic heterocycles. The molecule has 6 unspecified atom stereocenters. The van der Waals surface area contributed by atoms with Gasteiger partial charge in [0.25, 0.3) is 0 Å². The Morgan fingerprint density at radius 2 is 1.96 bits per heavy atom. The Balaban J connectivity index is 1.44. The van der Waals surface area contributed by atoms with Crippen molar-refractivity contribution in [2.75, 3.05) is 0 Å². The lowest BCUT2D eigenvalue weighted by atomic mass is 9.51. The van der Waals surface area contributed by atoms with E-state index in [0.717, 1.165) is 36.5 Å². The Morgan fingerprint density at radius 3 is 2.77 bits per heavy atom. The van der Waals surface area contributed by atoms with Gasteiger partial charge in [-0.15, -0.1) is 0 Å². The molecule has 138 valence electrons. The maximum Gasteiger partial charge on any atom is 0.0657 e. The van der Waals surface area contributed by atoms with Crippen LogP contribution in [0.4, 0.5) is 0 Å². The number of pyridine rings is 1. The van der Waals surface area contributed by atoms with Gasteiger partial charge in [-0.05, 0) is 98.2 Å². The smallest absolute Gasteiger partial charge is 0.0657 e. The van der Waals surface area contributed by atoms with E-state index in [1.807, 2.05) is 19.3 Å². The van der Waals surface area contributed by atoms with Gasteiger partial charge in [0.1, 0.15) is 0 Å². The van der Waals surface area contributed by atoms with E-state index in [2.05, 4.69) is 36.2 Å². The third kappa shape index (κ3) is 2.45. The van der Waals surface area contributed by atoms with Crippen LogP contribution in [-0.2, 0) is 0 Å². The maximum atomic E-state index is 10.5. The highest BCUT2D eigenvalue weighted by molar-refractivity contribution is 5.72. The summed E-state index contributed by atoms with van der Waals surface area (Å²) in [5.41, 5.74) is 4.30. The van der Waals surface area contributed by atoms with E-state index >= 15 is 0 Å². The summed E-state index contributed by atoms with van der Waals surface area (Å²) in [4.78, 5) is 4.37. The molecule has 6 atom stereocenters. The van der Waals surface area contributed by atoms with E-state index in [1.165, 1.54) is 37.7 Å². The van der Waals surface area contributed by atoms with Crippen LogP contribution >= 0.6 is 0 Å². The minimum atomic E-state index is -0.471. The molecule has 0 aromatic carbocycles. The third-order valence-electron chi connectivity index (χ3n) is 8.27. The Kier molecular flexibility index (Phi) is 3.73. The summed E-state index contributed by atoms with van der Waals surface area (Å²) in [5.74, 6) is 3.17. The molecule has 5 rings (SSSR count). The highest BCUT2D eigenvalue weighted by atomic mass is 16.3. The van der Waals surface area contributed by atoms with Gasteiger partial charge >= 0.3 is 0 Å². The van der Waals surface area contributed by atoms with Crippen LogP contribution in [0.15, 0.2) is 42.3 Å². The van der Waals surface area contributed by atoms with Crippen molar-refractivity contribution in [1.82, 2.24) is 4.98 Å². The van der Waals surface area contributed by atoms with E-state index in [0.29, 0.717) is 5.41 Å². The van der Waals surface area contributed by atoms with Crippen molar-refractivity contribution < 1.29 is 5.11 Å². The van der Waals surface area contributed by atoms with Gasteiger partial charge in [-0.3, -0.25) is 4.98 Å². The first-order valence-corrected chi connectivity index (χ1v) is 10.5. The molecule has 1 aromatic heterocycles. The van der Waals surface area contributed by atoms with E-state index in [1.54, 1.807) is 11.1 Å². The predicted octanol–water partition coefficient (Wildman–Crippen LogP) is 5.40. The molecule has 26 heavy (non-hydrogen) atoms. The van der Waals surface area contributed by atoms with Gasteiger partial charge < -0.3 is 5.11 Å². The van der Waals surface area contributed by atoms with E-state index in [-0.39, 0.29) is 0 Å².